The first-order chi connectivity index (χ1) is 45.8. The van der Waals surface area contributed by atoms with Crippen LogP contribution in [0.25, 0.3) is 0 Å². The highest BCUT2D eigenvalue weighted by molar-refractivity contribution is 6.90. The molecule has 1 saturated heterocycles. The van der Waals surface area contributed by atoms with E-state index in [1.165, 1.54) is 43.9 Å². The van der Waals surface area contributed by atoms with Crippen molar-refractivity contribution in [3.8, 4) is 0 Å². The van der Waals surface area contributed by atoms with Crippen LogP contribution in [-0.4, -0.2) is 274 Å². The highest BCUT2D eigenvalue weighted by Gasteiger charge is 2.56. The lowest BCUT2D eigenvalue weighted by molar-refractivity contribution is -0.145. The lowest BCUT2D eigenvalue weighted by Crippen LogP contribution is -2.58. The number of halogens is 1. The fourth-order valence-corrected chi connectivity index (χ4v) is 16.0. The number of rotatable bonds is 43. The summed E-state index contributed by atoms with van der Waals surface area (Å²) in [5.41, 5.74) is 0.0719. The molecule has 35 heteroatoms. The van der Waals surface area contributed by atoms with Crippen LogP contribution in [0.3, 0.4) is 0 Å². The zero-order chi connectivity index (χ0) is 73.9. The molecule has 0 aromatic heterocycles. The zero-order valence-corrected chi connectivity index (χ0v) is 57.9. The summed E-state index contributed by atoms with van der Waals surface area (Å²) in [4.78, 5) is 180. The average molecular weight is 1410 g/mol. The third-order valence-corrected chi connectivity index (χ3v) is 21.8. The van der Waals surface area contributed by atoms with Gasteiger partial charge >= 0.3 is 53.8 Å². The number of nitrogens with one attached hydrogen (secondary N) is 7. The van der Waals surface area contributed by atoms with Gasteiger partial charge in [-0.2, -0.15) is 0 Å². The fourth-order valence-electron chi connectivity index (χ4n) is 11.4. The van der Waals surface area contributed by atoms with E-state index in [1.807, 2.05) is 46.9 Å². The van der Waals surface area contributed by atoms with Gasteiger partial charge in [-0.05, 0) is 91.6 Å². The van der Waals surface area contributed by atoms with Crippen LogP contribution in [0.1, 0.15) is 155 Å². The Morgan fingerprint density at radius 1 is 0.429 bits per heavy atom. The van der Waals surface area contributed by atoms with E-state index in [0.29, 0.717) is 37.3 Å². The molecule has 98 heavy (non-hydrogen) atoms. The number of nitrogens with zero attached hydrogens (tertiary/aromatic N) is 4. The first-order valence-electron chi connectivity index (χ1n) is 32.8. The van der Waals surface area contributed by atoms with Crippen molar-refractivity contribution in [2.75, 3.05) is 91.6 Å². The van der Waals surface area contributed by atoms with E-state index in [-0.39, 0.29) is 128 Å². The van der Waals surface area contributed by atoms with Crippen LogP contribution in [-0.2, 0) is 57.5 Å². The molecule has 0 unspecified atom stereocenters. The third-order valence-electron chi connectivity index (χ3n) is 16.6. The average Bonchev–Trinajstić information content (AvgIpc) is 0.749. The number of carboxylic acids is 8. The van der Waals surface area contributed by atoms with Crippen molar-refractivity contribution in [3.63, 3.8) is 0 Å². The summed E-state index contributed by atoms with van der Waals surface area (Å²) in [5, 5.41) is 93.3. The first-order valence-corrected chi connectivity index (χ1v) is 34.7. The van der Waals surface area contributed by atoms with E-state index in [2.05, 4.69) is 31.9 Å². The minimum atomic E-state index is -3.74. The van der Waals surface area contributed by atoms with Gasteiger partial charge in [0, 0.05) is 103 Å². The molecule has 0 aliphatic carbocycles. The maximum absolute atomic E-state index is 17.1. The number of amides is 7. The number of carboxylic acid groups (broad SMARTS) is 8. The van der Waals surface area contributed by atoms with Crippen molar-refractivity contribution in [1.82, 2.24) is 56.8 Å². The Bertz CT molecular complexity index is 2820. The highest BCUT2D eigenvalue weighted by atomic mass is 28.4. The van der Waals surface area contributed by atoms with Crippen LogP contribution in [0.4, 0.5) is 8.90 Å². The van der Waals surface area contributed by atoms with Gasteiger partial charge in [0.1, 0.15) is 30.2 Å². The van der Waals surface area contributed by atoms with Crippen LogP contribution in [0.5, 0.6) is 0 Å². The Kier molecular flexibility index (Phi) is 37.7. The van der Waals surface area contributed by atoms with E-state index in [1.54, 1.807) is 0 Å². The number of carbonyl (C=O) groups is 14. The molecule has 1 aromatic carbocycles. The number of carbonyl (C=O) groups excluding carboxylic acids is 6. The number of hydrogen-bond acceptors (Lipinski definition) is 18. The van der Waals surface area contributed by atoms with Gasteiger partial charge < -0.3 is 82.2 Å². The lowest BCUT2D eigenvalue weighted by Gasteiger charge is -2.44. The molecule has 1 aromatic rings. The largest absolute Gasteiger partial charge is 0.481 e. The minimum Gasteiger partial charge on any atom is -0.481 e. The molecular formula is C63H102FN11O22Si. The van der Waals surface area contributed by atoms with Crippen LogP contribution < -0.4 is 42.4 Å². The molecule has 7 amide bonds. The second-order valence-electron chi connectivity index (χ2n) is 26.3. The maximum Gasteiger partial charge on any atom is 0.326 e. The molecule has 5 atom stereocenters. The number of benzene rings is 1. The Balaban J connectivity index is 2.09. The number of unbranched alkanes of at least 4 members (excludes halogenated alkanes) is 5. The Hall–Kier alpha value is -8.41. The van der Waals surface area contributed by atoms with Gasteiger partial charge in [0.2, 0.25) is 23.6 Å². The number of hydrogen-bond donors (Lipinski definition) is 15. The topological polar surface area (TPSA) is 498 Å². The Morgan fingerprint density at radius 3 is 1.22 bits per heavy atom. The highest BCUT2D eigenvalue weighted by Crippen LogP contribution is 2.51. The van der Waals surface area contributed by atoms with E-state index in [4.69, 9.17) is 5.11 Å². The molecular weight excluding hydrogens is 1310 g/mol. The Labute approximate surface area is 569 Å². The molecule has 1 heterocycles. The quantitative estimate of drug-likeness (QED) is 0.0245. The van der Waals surface area contributed by atoms with E-state index < -0.39 is 172 Å². The SMILES string of the molecule is CC(C)(C)[Si](F)(c1ccc(C(=O)NC[C@H](NC(=O)CC[C@H](C(=O)O)N2CCN(CC(=O)O)CCN(CC(=O)O)CCN(CC(=O)O)CC2)C(=O)N[C@@H](CCCCNC(=O)CCCCCCC(=O)NCCCC[C@H](NC(=O)N[C@@H](CCC(=O)O)C(=O)O)C(=O)O)C(=O)O)cc1)C(C)(C)C. The van der Waals surface area contributed by atoms with Crippen molar-refractivity contribution < 1.29 is 112 Å². The fraction of sp³-hybridized carbons (Fsp3) is 0.683. The van der Waals surface area contributed by atoms with Gasteiger partial charge in [-0.15, -0.1) is 0 Å². The number of aliphatic carboxylic acids is 8. The van der Waals surface area contributed by atoms with E-state index in [0.717, 1.165) is 0 Å². The predicted octanol–water partition coefficient (Wildman–Crippen LogP) is 0.886. The van der Waals surface area contributed by atoms with Crippen molar-refractivity contribution >= 4 is 96.9 Å². The molecule has 33 nitrogen and oxygen atoms in total. The summed E-state index contributed by atoms with van der Waals surface area (Å²) >= 11 is 0. The van der Waals surface area contributed by atoms with Gasteiger partial charge in [-0.25, -0.2) is 19.2 Å². The second kappa shape index (κ2) is 43.1. The smallest absolute Gasteiger partial charge is 0.326 e. The summed E-state index contributed by atoms with van der Waals surface area (Å²) < 4.78 is 17.1. The summed E-state index contributed by atoms with van der Waals surface area (Å²) in [6.07, 6.45) is 1.63. The van der Waals surface area contributed by atoms with Crippen LogP contribution >= 0.6 is 0 Å². The molecule has 1 aliphatic heterocycles. The molecule has 1 fully saturated rings. The van der Waals surface area contributed by atoms with Gasteiger partial charge in [-0.3, -0.25) is 67.5 Å². The normalized spacial score (nSPS) is 15.6. The molecule has 0 saturated carbocycles. The number of urea groups is 1. The van der Waals surface area contributed by atoms with Crippen LogP contribution in [0, 0.1) is 0 Å². The van der Waals surface area contributed by atoms with Gasteiger partial charge in [-0.1, -0.05) is 66.5 Å². The van der Waals surface area contributed by atoms with Crippen molar-refractivity contribution in [2.24, 2.45) is 0 Å². The summed E-state index contributed by atoms with van der Waals surface area (Å²) in [6.45, 7) is 9.34. The van der Waals surface area contributed by atoms with Crippen LogP contribution in [0.2, 0.25) is 10.1 Å². The second-order valence-corrected chi connectivity index (χ2v) is 31.2. The van der Waals surface area contributed by atoms with Gasteiger partial charge in [0.05, 0.1) is 19.6 Å². The molecule has 2 rings (SSSR count). The predicted molar refractivity (Wildman–Crippen MR) is 353 cm³/mol. The van der Waals surface area contributed by atoms with Crippen molar-refractivity contribution in [3.05, 3.63) is 29.8 Å². The molecule has 0 radical (unpaired) electrons. The van der Waals surface area contributed by atoms with Crippen molar-refractivity contribution in [1.29, 1.82) is 0 Å². The monoisotopic (exact) mass is 1410 g/mol. The maximum atomic E-state index is 17.1. The first kappa shape index (κ1) is 85.7. The zero-order valence-electron chi connectivity index (χ0n) is 56.9. The Morgan fingerprint density at radius 2 is 0.837 bits per heavy atom. The minimum absolute atomic E-state index is 0.0299. The third kappa shape index (κ3) is 32.8. The molecule has 15 N–H and O–H groups in total. The van der Waals surface area contributed by atoms with Crippen LogP contribution in [0.15, 0.2) is 24.3 Å². The molecule has 0 bridgehead atoms. The van der Waals surface area contributed by atoms with Gasteiger partial charge in [0.25, 0.3) is 14.3 Å². The summed E-state index contributed by atoms with van der Waals surface area (Å²) in [6, 6.07) is -2.70. The lowest BCUT2D eigenvalue weighted by atomic mass is 10.1. The summed E-state index contributed by atoms with van der Waals surface area (Å²) in [7, 11) is -3.74. The summed E-state index contributed by atoms with van der Waals surface area (Å²) in [5.74, 6) is -13.7. The van der Waals surface area contributed by atoms with Crippen molar-refractivity contribution in [2.45, 2.75) is 185 Å². The van der Waals surface area contributed by atoms with Gasteiger partial charge in [0.15, 0.2) is 0 Å². The molecule has 0 spiro atoms. The standard InChI is InChI=1S/C63H102FN11O22Si/c1-62(2,3)98(64,63(4,5)6)42-21-19-41(20-22-42)55(87)67-37-46(68-50(78)25-24-47(60(95)96)75-35-33-73(39-53(83)84)31-29-72(38-52(81)82)30-32-74(34-36-75)40-54(85)86)56(88)69-43(57(89)90)15-11-13-27-65-48(76)17-9-7-8-10-18-49(77)66-28-14-12-16-44(58(91)92)70-61(97)71-45(59(93)94)23-26-51(79)80/h19-22,43-47H,7-18,23-40H2,1-6H3,(H,65,76)(H,66,77)(H,67,87)(H,68,78)(H,69,88)(H,79,80)(H,81,82)(H,83,84)(H,85,86)(H,89,90)(H,91,92)(H,93,94)(H,95,96)(H2,70,71,97)/t43-,44-,45-,46-,47+/m0/s1. The van der Waals surface area contributed by atoms with E-state index in [9.17, 15) is 103 Å². The molecule has 552 valence electrons. The molecule has 1 aliphatic rings. The van der Waals surface area contributed by atoms with E-state index >= 15 is 4.11 Å².